The van der Waals surface area contributed by atoms with Crippen LogP contribution in [0.15, 0.2) is 72.8 Å². The van der Waals surface area contributed by atoms with E-state index in [0.29, 0.717) is 79.7 Å². The highest BCUT2D eigenvalue weighted by Crippen LogP contribution is 2.39. The Morgan fingerprint density at radius 1 is 0.864 bits per heavy atom. The number of hydrogen-bond donors (Lipinski definition) is 2. The third kappa shape index (κ3) is 10.5. The number of urea groups is 1. The van der Waals surface area contributed by atoms with Crippen LogP contribution in [0, 0.1) is 18.3 Å². The maximum atomic E-state index is 14.3. The highest BCUT2D eigenvalue weighted by Gasteiger charge is 2.42. The van der Waals surface area contributed by atoms with Gasteiger partial charge in [0.05, 0.1) is 34.8 Å². The molecule has 5 aliphatic heterocycles. The number of likely N-dealkylation sites (tertiary alicyclic amines) is 1. The van der Waals surface area contributed by atoms with Gasteiger partial charge in [0, 0.05) is 61.8 Å². The van der Waals surface area contributed by atoms with E-state index in [9.17, 15) is 19.6 Å². The molecule has 1 unspecified atom stereocenters. The number of carbonyl (C=O) groups is 3. The molecule has 346 valence electrons. The van der Waals surface area contributed by atoms with Crippen molar-refractivity contribution in [3.8, 4) is 40.2 Å². The van der Waals surface area contributed by atoms with Crippen LogP contribution in [0.25, 0.3) is 11.1 Å². The Labute approximate surface area is 396 Å². The van der Waals surface area contributed by atoms with Crippen LogP contribution in [0.4, 0.5) is 4.79 Å². The predicted molar refractivity (Wildman–Crippen MR) is 254 cm³/mol. The average Bonchev–Trinajstić information content (AvgIpc) is 3.91. The van der Waals surface area contributed by atoms with Gasteiger partial charge in [-0.15, -0.1) is 0 Å². The Morgan fingerprint density at radius 3 is 2.52 bits per heavy atom. The van der Waals surface area contributed by atoms with Crippen molar-refractivity contribution in [2.75, 3.05) is 51.7 Å². The first-order valence-electron chi connectivity index (χ1n) is 23.3. The van der Waals surface area contributed by atoms with Crippen molar-refractivity contribution in [3.05, 3.63) is 106 Å². The van der Waals surface area contributed by atoms with Crippen LogP contribution in [0.5, 0.6) is 23.0 Å². The largest absolute Gasteiger partial charge is 0.488 e. The van der Waals surface area contributed by atoms with Gasteiger partial charge in [-0.3, -0.25) is 14.5 Å². The lowest BCUT2D eigenvalue weighted by atomic mass is 9.96. The van der Waals surface area contributed by atoms with Crippen molar-refractivity contribution in [2.24, 2.45) is 0 Å². The molecule has 0 spiro atoms. The second-order valence-electron chi connectivity index (χ2n) is 17.8. The fraction of sp³-hybridized carbons (Fsp3) is 0.451. The topological polar surface area (TPSA) is 146 Å². The van der Waals surface area contributed by atoms with Gasteiger partial charge in [0.25, 0.3) is 0 Å². The third-order valence-electron chi connectivity index (χ3n) is 13.5. The smallest absolute Gasteiger partial charge is 0.315 e. The van der Waals surface area contributed by atoms with Crippen molar-refractivity contribution in [1.82, 2.24) is 25.3 Å². The monoisotopic (exact) mass is 932 g/mol. The highest BCUT2D eigenvalue weighted by molar-refractivity contribution is 8.00. The normalized spacial score (nSPS) is 21.4. The van der Waals surface area contributed by atoms with E-state index in [4.69, 9.17) is 30.5 Å². The lowest BCUT2D eigenvalue weighted by molar-refractivity contribution is -0.144. The molecule has 0 saturated carbocycles. The summed E-state index contributed by atoms with van der Waals surface area (Å²) in [6, 6.07) is 25.5. The number of piperidine rings is 1. The minimum atomic E-state index is -0.312. The summed E-state index contributed by atoms with van der Waals surface area (Å²) in [4.78, 5) is 45.4. The van der Waals surface area contributed by atoms with E-state index in [-0.39, 0.29) is 49.2 Å². The van der Waals surface area contributed by atoms with E-state index in [1.54, 1.807) is 6.07 Å². The van der Waals surface area contributed by atoms with Crippen LogP contribution in [-0.4, -0.2) is 108 Å². The summed E-state index contributed by atoms with van der Waals surface area (Å²) >= 11 is 8.95. The maximum Gasteiger partial charge on any atom is 0.315 e. The standard InChI is InChI=1S/C51H57ClN6O7S/c1-33-37(10-7-11-39(33)36-15-16-43-46(26-36)63-23-22-62-43)31-65-45-27-44(64-30-35-9-6-8-34(24-35)28-53)38(25-40(45)52)29-58-17-5-4-12-42(58)50(60)57-20-18-56(19-21-57)48(59)14-3-2-13-47-49-41(32-66-47)54-51(61)55-49/h6-11,15-16,24-27,41-42,47,49H,2-5,12-14,17-23,29-32H2,1H3,(H2,54,55,61)/t41-,42?,47-,49-/m0/s1. The number of nitriles is 1. The van der Waals surface area contributed by atoms with Gasteiger partial charge in [0.1, 0.15) is 37.9 Å². The van der Waals surface area contributed by atoms with Crippen molar-refractivity contribution in [1.29, 1.82) is 5.26 Å². The number of nitrogens with one attached hydrogen (secondary N) is 2. The number of piperazine rings is 1. The van der Waals surface area contributed by atoms with Gasteiger partial charge in [0.15, 0.2) is 11.5 Å². The minimum Gasteiger partial charge on any atom is -0.488 e. The molecule has 4 saturated heterocycles. The molecule has 4 fully saturated rings. The molecule has 0 radical (unpaired) electrons. The number of thioether (sulfide) groups is 1. The SMILES string of the molecule is Cc1c(COc2cc(OCc3cccc(C#N)c3)c(CN3CCCCC3C(=O)N3CCN(C(=O)CCCC[C@@H]4SC[C@@H]5NC(=O)N[C@@H]54)CC3)cc2Cl)cccc1-c1ccc2c(c1)OCCO2. The number of carbonyl (C=O) groups excluding carboxylic acids is 3. The lowest BCUT2D eigenvalue weighted by Gasteiger charge is -2.41. The highest BCUT2D eigenvalue weighted by atomic mass is 35.5. The van der Waals surface area contributed by atoms with Crippen molar-refractivity contribution in [3.63, 3.8) is 0 Å². The summed E-state index contributed by atoms with van der Waals surface area (Å²) in [6.07, 6.45) is 5.90. The van der Waals surface area contributed by atoms with E-state index in [1.165, 1.54) is 0 Å². The molecule has 0 aromatic heterocycles. The van der Waals surface area contributed by atoms with Gasteiger partial charge in [-0.1, -0.05) is 60.8 Å². The van der Waals surface area contributed by atoms with Crippen molar-refractivity contribution >= 4 is 41.2 Å². The number of fused-ring (bicyclic) bond motifs is 2. The van der Waals surface area contributed by atoms with E-state index in [0.717, 1.165) is 95.7 Å². The zero-order chi connectivity index (χ0) is 45.6. The quantitative estimate of drug-likeness (QED) is 0.0893. The molecular formula is C51H57ClN6O7S. The minimum absolute atomic E-state index is 0.0735. The fourth-order valence-electron chi connectivity index (χ4n) is 9.84. The van der Waals surface area contributed by atoms with Crippen LogP contribution < -0.4 is 29.6 Å². The number of amides is 4. The second-order valence-corrected chi connectivity index (χ2v) is 19.5. The lowest BCUT2D eigenvalue weighted by Crippen LogP contribution is -2.56. The molecule has 5 heterocycles. The maximum absolute atomic E-state index is 14.3. The van der Waals surface area contributed by atoms with Crippen LogP contribution in [0.3, 0.4) is 0 Å². The summed E-state index contributed by atoms with van der Waals surface area (Å²) in [7, 11) is 0. The van der Waals surface area contributed by atoms with Crippen LogP contribution in [-0.2, 0) is 29.3 Å². The second kappa shape index (κ2) is 20.9. The Kier molecular flexibility index (Phi) is 14.4. The molecule has 2 N–H and O–H groups in total. The number of hydrogen-bond acceptors (Lipinski definition) is 10. The van der Waals surface area contributed by atoms with Gasteiger partial charge >= 0.3 is 6.03 Å². The Bertz CT molecular complexity index is 2470. The van der Waals surface area contributed by atoms with Gasteiger partial charge in [-0.2, -0.15) is 17.0 Å². The summed E-state index contributed by atoms with van der Waals surface area (Å²) < 4.78 is 24.6. The predicted octanol–water partition coefficient (Wildman–Crippen LogP) is 7.87. The number of rotatable bonds is 15. The molecule has 9 rings (SSSR count). The zero-order valence-corrected chi connectivity index (χ0v) is 39.0. The molecule has 4 aromatic carbocycles. The van der Waals surface area contributed by atoms with Gasteiger partial charge in [-0.05, 0) is 97.3 Å². The van der Waals surface area contributed by atoms with Crippen LogP contribution >= 0.6 is 23.4 Å². The molecule has 4 amide bonds. The van der Waals surface area contributed by atoms with Crippen LogP contribution in [0.2, 0.25) is 5.02 Å². The third-order valence-corrected chi connectivity index (χ3v) is 15.3. The summed E-state index contributed by atoms with van der Waals surface area (Å²) in [5, 5.41) is 16.4. The molecular weight excluding hydrogens is 876 g/mol. The first kappa shape index (κ1) is 45.5. The number of nitrogens with zero attached hydrogens (tertiary/aromatic N) is 4. The Morgan fingerprint density at radius 2 is 1.67 bits per heavy atom. The molecule has 13 nitrogen and oxygen atoms in total. The molecule has 5 aliphatic rings. The van der Waals surface area contributed by atoms with E-state index < -0.39 is 0 Å². The molecule has 4 atom stereocenters. The van der Waals surface area contributed by atoms with Gasteiger partial charge in [-0.25, -0.2) is 4.79 Å². The summed E-state index contributed by atoms with van der Waals surface area (Å²) in [5.41, 5.74) is 6.42. The van der Waals surface area contributed by atoms with Gasteiger partial charge < -0.3 is 39.4 Å². The average molecular weight is 934 g/mol. The van der Waals surface area contributed by atoms with E-state index in [1.807, 2.05) is 82.2 Å². The van der Waals surface area contributed by atoms with Crippen LogP contribution in [0.1, 0.15) is 72.8 Å². The first-order chi connectivity index (χ1) is 32.2. The molecule has 4 aromatic rings. The zero-order valence-electron chi connectivity index (χ0n) is 37.4. The summed E-state index contributed by atoms with van der Waals surface area (Å²) in [6.45, 7) is 6.91. The number of unbranched alkanes of at least 4 members (excludes halogenated alkanes) is 1. The Hall–Kier alpha value is -5.62. The van der Waals surface area contributed by atoms with Gasteiger partial charge in [0.2, 0.25) is 11.8 Å². The molecule has 0 aliphatic carbocycles. The van der Waals surface area contributed by atoms with Crippen molar-refractivity contribution in [2.45, 2.75) is 95.0 Å². The Balaban J connectivity index is 0.844. The van der Waals surface area contributed by atoms with E-state index >= 15 is 0 Å². The van der Waals surface area contributed by atoms with E-state index in [2.05, 4.69) is 34.6 Å². The number of benzene rings is 4. The molecule has 15 heteroatoms. The summed E-state index contributed by atoms with van der Waals surface area (Å²) in [5.74, 6) is 3.73. The van der Waals surface area contributed by atoms with Crippen molar-refractivity contribution < 1.29 is 33.3 Å². The fourth-order valence-corrected chi connectivity index (χ4v) is 11.6. The first-order valence-corrected chi connectivity index (χ1v) is 24.7. The molecule has 0 bridgehead atoms. The number of halogens is 1. The molecule has 66 heavy (non-hydrogen) atoms. The number of ether oxygens (including phenoxy) is 4.